The van der Waals surface area contributed by atoms with Gasteiger partial charge in [0.15, 0.2) is 0 Å². The van der Waals surface area contributed by atoms with E-state index in [4.69, 9.17) is 5.73 Å². The normalized spacial score (nSPS) is 17.2. The number of benzene rings is 1. The lowest BCUT2D eigenvalue weighted by Gasteiger charge is -2.25. The average Bonchev–Trinajstić information content (AvgIpc) is 2.52. The molecule has 0 bridgehead atoms. The van der Waals surface area contributed by atoms with Gasteiger partial charge in [0.1, 0.15) is 0 Å². The highest BCUT2D eigenvalue weighted by molar-refractivity contribution is 5.70. The molecule has 0 saturated carbocycles. The van der Waals surface area contributed by atoms with Crippen molar-refractivity contribution >= 4 is 11.4 Å². The Hall–Kier alpha value is -1.18. The van der Waals surface area contributed by atoms with Crippen LogP contribution in [0.2, 0.25) is 0 Å². The van der Waals surface area contributed by atoms with Gasteiger partial charge in [-0.2, -0.15) is 0 Å². The summed E-state index contributed by atoms with van der Waals surface area (Å²) in [6.45, 7) is 6.60. The third-order valence-electron chi connectivity index (χ3n) is 3.59. The molecule has 1 saturated heterocycles. The first-order valence-corrected chi connectivity index (χ1v) is 6.30. The number of nitrogens with zero attached hydrogens (tertiary/aromatic N) is 1. The lowest BCUT2D eigenvalue weighted by atomic mass is 10.1. The number of nitrogen functional groups attached to an aromatic ring is 1. The lowest BCUT2D eigenvalue weighted by molar-refractivity contribution is 0.726. The molecule has 1 aromatic carbocycles. The van der Waals surface area contributed by atoms with Crippen molar-refractivity contribution in [2.45, 2.75) is 39.5 Å². The molecular weight excluding hydrogens is 196 g/mol. The summed E-state index contributed by atoms with van der Waals surface area (Å²) in [6, 6.07) is 4.35. The molecule has 1 heterocycles. The summed E-state index contributed by atoms with van der Waals surface area (Å²) in [5, 5.41) is 0. The summed E-state index contributed by atoms with van der Waals surface area (Å²) in [5.74, 6) is 0. The fourth-order valence-corrected chi connectivity index (χ4v) is 2.41. The molecule has 16 heavy (non-hydrogen) atoms. The van der Waals surface area contributed by atoms with Crippen molar-refractivity contribution in [1.29, 1.82) is 0 Å². The molecule has 0 radical (unpaired) electrons. The zero-order valence-electron chi connectivity index (χ0n) is 10.4. The number of hydrogen-bond acceptors (Lipinski definition) is 2. The van der Waals surface area contributed by atoms with E-state index in [-0.39, 0.29) is 0 Å². The van der Waals surface area contributed by atoms with Gasteiger partial charge >= 0.3 is 0 Å². The second kappa shape index (κ2) is 4.77. The van der Waals surface area contributed by atoms with E-state index in [9.17, 15) is 0 Å². The van der Waals surface area contributed by atoms with Gasteiger partial charge in [-0.25, -0.2) is 0 Å². The van der Waals surface area contributed by atoms with E-state index in [0.717, 1.165) is 18.8 Å². The molecule has 2 heteroatoms. The minimum atomic E-state index is 0.935. The van der Waals surface area contributed by atoms with E-state index in [1.807, 2.05) is 0 Å². The van der Waals surface area contributed by atoms with Crippen LogP contribution >= 0.6 is 0 Å². The standard InChI is InChI=1S/C14H22N2/c1-11-9-13(15)14(10-12(11)2)16-7-5-3-4-6-8-16/h9-10H,3-8,15H2,1-2H3. The van der Waals surface area contributed by atoms with Crippen LogP contribution in [0.15, 0.2) is 12.1 Å². The van der Waals surface area contributed by atoms with Crippen LogP contribution in [0.3, 0.4) is 0 Å². The lowest BCUT2D eigenvalue weighted by Crippen LogP contribution is -2.25. The fraction of sp³-hybridized carbons (Fsp3) is 0.571. The molecule has 0 unspecified atom stereocenters. The Kier molecular flexibility index (Phi) is 3.37. The number of rotatable bonds is 1. The van der Waals surface area contributed by atoms with Gasteiger partial charge in [0.25, 0.3) is 0 Å². The largest absolute Gasteiger partial charge is 0.397 e. The third kappa shape index (κ3) is 2.31. The molecule has 1 aromatic rings. The monoisotopic (exact) mass is 218 g/mol. The van der Waals surface area contributed by atoms with Crippen molar-refractivity contribution in [3.05, 3.63) is 23.3 Å². The molecule has 2 rings (SSSR count). The predicted molar refractivity (Wildman–Crippen MR) is 71.0 cm³/mol. The molecule has 0 aromatic heterocycles. The Labute approximate surface area is 98.4 Å². The number of aryl methyl sites for hydroxylation is 2. The number of hydrogen-bond donors (Lipinski definition) is 1. The van der Waals surface area contributed by atoms with Crippen LogP contribution in [0, 0.1) is 13.8 Å². The van der Waals surface area contributed by atoms with Crippen molar-refractivity contribution in [2.24, 2.45) is 0 Å². The molecule has 0 atom stereocenters. The van der Waals surface area contributed by atoms with E-state index < -0.39 is 0 Å². The summed E-state index contributed by atoms with van der Waals surface area (Å²) >= 11 is 0. The zero-order chi connectivity index (χ0) is 11.5. The maximum atomic E-state index is 6.13. The van der Waals surface area contributed by atoms with E-state index >= 15 is 0 Å². The molecule has 0 spiro atoms. The van der Waals surface area contributed by atoms with Crippen molar-refractivity contribution in [3.63, 3.8) is 0 Å². The highest BCUT2D eigenvalue weighted by Crippen LogP contribution is 2.28. The summed E-state index contributed by atoms with van der Waals surface area (Å²) in [5.41, 5.74) is 10.9. The van der Waals surface area contributed by atoms with Crippen LogP contribution in [0.5, 0.6) is 0 Å². The van der Waals surface area contributed by atoms with Gasteiger partial charge in [-0.15, -0.1) is 0 Å². The van der Waals surface area contributed by atoms with Crippen LogP contribution < -0.4 is 10.6 Å². The highest BCUT2D eigenvalue weighted by Gasteiger charge is 2.13. The first-order chi connectivity index (χ1) is 7.68. The summed E-state index contributed by atoms with van der Waals surface area (Å²) < 4.78 is 0. The smallest absolute Gasteiger partial charge is 0.0602 e. The summed E-state index contributed by atoms with van der Waals surface area (Å²) in [4.78, 5) is 2.45. The SMILES string of the molecule is Cc1cc(N)c(N2CCCCCC2)cc1C. The van der Waals surface area contributed by atoms with Gasteiger partial charge in [-0.3, -0.25) is 0 Å². The highest BCUT2D eigenvalue weighted by atomic mass is 15.1. The van der Waals surface area contributed by atoms with Crippen molar-refractivity contribution in [3.8, 4) is 0 Å². The number of anilines is 2. The molecular formula is C14H22N2. The van der Waals surface area contributed by atoms with Gasteiger partial charge in [-0.05, 0) is 49.9 Å². The topological polar surface area (TPSA) is 29.3 Å². The van der Waals surface area contributed by atoms with E-state index in [1.165, 1.54) is 42.5 Å². The fourth-order valence-electron chi connectivity index (χ4n) is 2.41. The molecule has 2 nitrogen and oxygen atoms in total. The molecule has 1 fully saturated rings. The molecule has 1 aliphatic heterocycles. The van der Waals surface area contributed by atoms with Gasteiger partial charge in [0.2, 0.25) is 0 Å². The van der Waals surface area contributed by atoms with Gasteiger partial charge in [0.05, 0.1) is 11.4 Å². The second-order valence-electron chi connectivity index (χ2n) is 4.90. The number of nitrogens with two attached hydrogens (primary N) is 1. The van der Waals surface area contributed by atoms with Gasteiger partial charge in [-0.1, -0.05) is 12.8 Å². The van der Waals surface area contributed by atoms with Crippen LogP contribution in [-0.2, 0) is 0 Å². The molecule has 1 aliphatic rings. The molecule has 88 valence electrons. The first-order valence-electron chi connectivity index (χ1n) is 6.30. The van der Waals surface area contributed by atoms with Crippen LogP contribution in [0.1, 0.15) is 36.8 Å². The Bertz CT molecular complexity index is 363. The van der Waals surface area contributed by atoms with Crippen LogP contribution in [0.4, 0.5) is 11.4 Å². The summed E-state index contributed by atoms with van der Waals surface area (Å²) in [7, 11) is 0. The predicted octanol–water partition coefficient (Wildman–Crippen LogP) is 3.27. The summed E-state index contributed by atoms with van der Waals surface area (Å²) in [6.07, 6.45) is 5.32. The van der Waals surface area contributed by atoms with Crippen LogP contribution in [0.25, 0.3) is 0 Å². The maximum absolute atomic E-state index is 6.13. The van der Waals surface area contributed by atoms with E-state index in [0.29, 0.717) is 0 Å². The Balaban J connectivity index is 2.27. The molecule has 0 amide bonds. The van der Waals surface area contributed by atoms with Gasteiger partial charge < -0.3 is 10.6 Å². The third-order valence-corrected chi connectivity index (χ3v) is 3.59. The molecule has 0 aliphatic carbocycles. The average molecular weight is 218 g/mol. The van der Waals surface area contributed by atoms with Crippen molar-refractivity contribution in [2.75, 3.05) is 23.7 Å². The molecule has 2 N–H and O–H groups in total. The second-order valence-corrected chi connectivity index (χ2v) is 4.90. The van der Waals surface area contributed by atoms with E-state index in [1.54, 1.807) is 0 Å². The van der Waals surface area contributed by atoms with Crippen molar-refractivity contribution < 1.29 is 0 Å². The Morgan fingerprint density at radius 2 is 1.50 bits per heavy atom. The first kappa shape index (κ1) is 11.3. The Morgan fingerprint density at radius 3 is 2.12 bits per heavy atom. The zero-order valence-corrected chi connectivity index (χ0v) is 10.4. The van der Waals surface area contributed by atoms with Gasteiger partial charge in [0, 0.05) is 13.1 Å². The minimum absolute atomic E-state index is 0.935. The van der Waals surface area contributed by atoms with Crippen molar-refractivity contribution in [1.82, 2.24) is 0 Å². The maximum Gasteiger partial charge on any atom is 0.0602 e. The Morgan fingerprint density at radius 1 is 0.938 bits per heavy atom. The quantitative estimate of drug-likeness (QED) is 0.733. The van der Waals surface area contributed by atoms with E-state index in [2.05, 4.69) is 30.9 Å². The minimum Gasteiger partial charge on any atom is -0.397 e. The van der Waals surface area contributed by atoms with Crippen LogP contribution in [-0.4, -0.2) is 13.1 Å².